The molecule has 2 aromatic carbocycles. The molecule has 1 aromatic heterocycles. The third-order valence-electron chi connectivity index (χ3n) is 3.71. The molecule has 0 amide bonds. The molecule has 8 heteroatoms. The van der Waals surface area contributed by atoms with Crippen molar-refractivity contribution in [2.75, 3.05) is 11.1 Å². The molecular formula is C19H18ClN5O2. The number of aromatic nitrogens is 3. The number of para-hydroxylation sites is 1. The largest absolute Gasteiger partial charge is 0.457 e. The highest BCUT2D eigenvalue weighted by Crippen LogP contribution is 2.18. The van der Waals surface area contributed by atoms with Gasteiger partial charge in [0.25, 0.3) is 0 Å². The van der Waals surface area contributed by atoms with Gasteiger partial charge in [0.2, 0.25) is 11.9 Å². The van der Waals surface area contributed by atoms with Crippen molar-refractivity contribution in [2.24, 2.45) is 0 Å². The van der Waals surface area contributed by atoms with E-state index >= 15 is 0 Å². The molecular weight excluding hydrogens is 366 g/mol. The number of nitrogens with zero attached hydrogens (tertiary/aromatic N) is 3. The third kappa shape index (κ3) is 5.39. The summed E-state index contributed by atoms with van der Waals surface area (Å²) in [6.45, 7) is 1.87. The number of nitrogen functional groups attached to an aromatic ring is 1. The molecule has 1 heterocycles. The van der Waals surface area contributed by atoms with Crippen molar-refractivity contribution < 1.29 is 9.53 Å². The van der Waals surface area contributed by atoms with Crippen LogP contribution in [-0.2, 0) is 22.6 Å². The maximum Gasteiger partial charge on any atom is 0.310 e. The monoisotopic (exact) mass is 383 g/mol. The van der Waals surface area contributed by atoms with Gasteiger partial charge in [0.05, 0.1) is 6.42 Å². The molecule has 0 aliphatic rings. The van der Waals surface area contributed by atoms with E-state index in [2.05, 4.69) is 20.3 Å². The Hall–Kier alpha value is -3.19. The Labute approximate surface area is 161 Å². The minimum atomic E-state index is -0.398. The lowest BCUT2D eigenvalue weighted by Crippen LogP contribution is -2.12. The van der Waals surface area contributed by atoms with Crippen LogP contribution in [0.15, 0.2) is 48.5 Å². The predicted molar refractivity (Wildman–Crippen MR) is 104 cm³/mol. The number of benzene rings is 2. The third-order valence-corrected chi connectivity index (χ3v) is 3.97. The van der Waals surface area contributed by atoms with Gasteiger partial charge >= 0.3 is 5.97 Å². The van der Waals surface area contributed by atoms with Crippen LogP contribution >= 0.6 is 11.6 Å². The Kier molecular flexibility index (Phi) is 5.83. The Bertz CT molecular complexity index is 947. The molecule has 0 spiro atoms. The molecule has 0 atom stereocenters. The number of rotatable bonds is 6. The van der Waals surface area contributed by atoms with E-state index < -0.39 is 5.97 Å². The van der Waals surface area contributed by atoms with E-state index in [9.17, 15) is 4.79 Å². The van der Waals surface area contributed by atoms with E-state index in [1.165, 1.54) is 0 Å². The van der Waals surface area contributed by atoms with Gasteiger partial charge in [-0.05, 0) is 36.2 Å². The molecule has 0 radical (unpaired) electrons. The zero-order valence-electron chi connectivity index (χ0n) is 14.6. The molecule has 0 aliphatic carbocycles. The van der Waals surface area contributed by atoms with E-state index in [0.717, 1.165) is 16.8 Å². The molecule has 3 N–H and O–H groups in total. The van der Waals surface area contributed by atoms with Gasteiger partial charge in [-0.2, -0.15) is 15.0 Å². The maximum absolute atomic E-state index is 12.0. The van der Waals surface area contributed by atoms with Crippen LogP contribution in [0.3, 0.4) is 0 Å². The number of anilines is 3. The number of esters is 1. The molecule has 3 aromatic rings. The van der Waals surface area contributed by atoms with E-state index in [0.29, 0.717) is 11.0 Å². The topological polar surface area (TPSA) is 103 Å². The molecule has 7 nitrogen and oxygen atoms in total. The fourth-order valence-electron chi connectivity index (χ4n) is 2.36. The van der Waals surface area contributed by atoms with Gasteiger partial charge in [-0.3, -0.25) is 4.79 Å². The number of aryl methyl sites for hydroxylation is 1. The SMILES string of the molecule is Cc1ccccc1Nc1nc(N)nc(COC(=O)Cc2ccc(Cl)cc2)n1. The molecule has 27 heavy (non-hydrogen) atoms. The fourth-order valence-corrected chi connectivity index (χ4v) is 2.48. The average Bonchev–Trinajstić information content (AvgIpc) is 2.63. The smallest absolute Gasteiger partial charge is 0.310 e. The first-order valence-corrected chi connectivity index (χ1v) is 8.60. The highest BCUT2D eigenvalue weighted by molar-refractivity contribution is 6.30. The standard InChI is InChI=1S/C19H18ClN5O2/c1-12-4-2-3-5-15(12)22-19-24-16(23-18(21)25-19)11-27-17(26)10-13-6-8-14(20)9-7-13/h2-9H,10-11H2,1H3,(H3,21,22,23,24,25). The highest BCUT2D eigenvalue weighted by atomic mass is 35.5. The van der Waals surface area contributed by atoms with E-state index in [-0.39, 0.29) is 24.8 Å². The molecule has 0 saturated carbocycles. The van der Waals surface area contributed by atoms with E-state index in [4.69, 9.17) is 22.1 Å². The van der Waals surface area contributed by atoms with E-state index in [1.54, 1.807) is 24.3 Å². The van der Waals surface area contributed by atoms with Crippen molar-refractivity contribution in [3.05, 3.63) is 70.5 Å². The summed E-state index contributed by atoms with van der Waals surface area (Å²) in [6, 6.07) is 14.7. The summed E-state index contributed by atoms with van der Waals surface area (Å²) in [6.07, 6.45) is 0.131. The lowest BCUT2D eigenvalue weighted by molar-refractivity contribution is -0.144. The van der Waals surface area contributed by atoms with Gasteiger partial charge in [-0.15, -0.1) is 0 Å². The van der Waals surface area contributed by atoms with Crippen molar-refractivity contribution >= 4 is 35.2 Å². The summed E-state index contributed by atoms with van der Waals surface area (Å²) in [5.41, 5.74) is 8.44. The molecule has 138 valence electrons. The Morgan fingerprint density at radius 3 is 2.59 bits per heavy atom. The molecule has 3 rings (SSSR count). The van der Waals surface area contributed by atoms with Crippen LogP contribution in [0, 0.1) is 6.92 Å². The number of ether oxygens (including phenoxy) is 1. The van der Waals surface area contributed by atoms with Crippen molar-refractivity contribution in [1.82, 2.24) is 15.0 Å². The van der Waals surface area contributed by atoms with Gasteiger partial charge in [-0.25, -0.2) is 0 Å². The fraction of sp³-hybridized carbons (Fsp3) is 0.158. The second kappa shape index (κ2) is 8.46. The Balaban J connectivity index is 1.63. The van der Waals surface area contributed by atoms with Crippen molar-refractivity contribution in [3.63, 3.8) is 0 Å². The first kappa shape index (κ1) is 18.6. The summed E-state index contributed by atoms with van der Waals surface area (Å²) in [5.74, 6) is 0.207. The zero-order valence-corrected chi connectivity index (χ0v) is 15.4. The van der Waals surface area contributed by atoms with Crippen molar-refractivity contribution in [1.29, 1.82) is 0 Å². The average molecular weight is 384 g/mol. The minimum absolute atomic E-state index is 0.0461. The van der Waals surface area contributed by atoms with Gasteiger partial charge in [0, 0.05) is 10.7 Å². The van der Waals surface area contributed by atoms with Crippen LogP contribution in [0.2, 0.25) is 5.02 Å². The number of halogens is 1. The van der Waals surface area contributed by atoms with Gasteiger partial charge < -0.3 is 15.8 Å². The van der Waals surface area contributed by atoms with Crippen LogP contribution in [0.5, 0.6) is 0 Å². The van der Waals surface area contributed by atoms with Crippen molar-refractivity contribution in [3.8, 4) is 0 Å². The van der Waals surface area contributed by atoms with Crippen LogP contribution in [0.4, 0.5) is 17.6 Å². The summed E-state index contributed by atoms with van der Waals surface area (Å²) >= 11 is 5.83. The first-order valence-electron chi connectivity index (χ1n) is 8.23. The summed E-state index contributed by atoms with van der Waals surface area (Å²) in [5, 5.41) is 3.70. The van der Waals surface area contributed by atoms with Crippen LogP contribution in [0.1, 0.15) is 17.0 Å². The number of carbonyl (C=O) groups is 1. The second-order valence-corrected chi connectivity index (χ2v) is 6.27. The normalized spacial score (nSPS) is 10.4. The Morgan fingerprint density at radius 2 is 1.85 bits per heavy atom. The van der Waals surface area contributed by atoms with Gasteiger partial charge in [-0.1, -0.05) is 41.9 Å². The predicted octanol–water partition coefficient (Wildman–Crippen LogP) is 3.45. The lowest BCUT2D eigenvalue weighted by atomic mass is 10.1. The second-order valence-electron chi connectivity index (χ2n) is 5.84. The quantitative estimate of drug-likeness (QED) is 0.628. The number of carbonyl (C=O) groups excluding carboxylic acids is 1. The van der Waals surface area contributed by atoms with Gasteiger partial charge in [0.15, 0.2) is 12.4 Å². The lowest BCUT2D eigenvalue weighted by Gasteiger charge is -2.10. The summed E-state index contributed by atoms with van der Waals surface area (Å²) in [7, 11) is 0. The highest BCUT2D eigenvalue weighted by Gasteiger charge is 2.10. The van der Waals surface area contributed by atoms with Crippen LogP contribution in [-0.4, -0.2) is 20.9 Å². The first-order chi connectivity index (χ1) is 13.0. The maximum atomic E-state index is 12.0. The molecule has 0 bridgehead atoms. The summed E-state index contributed by atoms with van der Waals surface area (Å²) < 4.78 is 5.24. The number of hydrogen-bond donors (Lipinski definition) is 2. The molecule has 0 aliphatic heterocycles. The zero-order chi connectivity index (χ0) is 19.2. The van der Waals surface area contributed by atoms with Crippen molar-refractivity contribution in [2.45, 2.75) is 20.0 Å². The van der Waals surface area contributed by atoms with Gasteiger partial charge in [0.1, 0.15) is 0 Å². The minimum Gasteiger partial charge on any atom is -0.457 e. The molecule has 0 saturated heterocycles. The van der Waals surface area contributed by atoms with Crippen LogP contribution in [0.25, 0.3) is 0 Å². The molecule has 0 unspecified atom stereocenters. The van der Waals surface area contributed by atoms with E-state index in [1.807, 2.05) is 31.2 Å². The summed E-state index contributed by atoms with van der Waals surface area (Å²) in [4.78, 5) is 24.3. The number of nitrogens with two attached hydrogens (primary N) is 1. The Morgan fingerprint density at radius 1 is 1.11 bits per heavy atom. The van der Waals surface area contributed by atoms with Crippen LogP contribution < -0.4 is 11.1 Å². The number of hydrogen-bond acceptors (Lipinski definition) is 7. The molecule has 0 fully saturated rings. The number of nitrogens with one attached hydrogen (secondary N) is 1.